The second-order valence-corrected chi connectivity index (χ2v) is 4.42. The summed E-state index contributed by atoms with van der Waals surface area (Å²) in [6, 6.07) is 0. The molecule has 0 unspecified atom stereocenters. The van der Waals surface area contributed by atoms with Crippen molar-refractivity contribution in [2.24, 2.45) is 0 Å². The molecule has 16 heavy (non-hydrogen) atoms. The molecule has 5 heteroatoms. The van der Waals surface area contributed by atoms with E-state index >= 15 is 0 Å². The Morgan fingerprint density at radius 3 is 3.00 bits per heavy atom. The number of hydrogen-bond donors (Lipinski definition) is 1. The normalized spacial score (nSPS) is 26.7. The number of ether oxygens (including phenoxy) is 2. The number of hydrogen-bond acceptors (Lipinski definition) is 4. The van der Waals surface area contributed by atoms with Crippen LogP contribution in [0, 0.1) is 0 Å². The van der Waals surface area contributed by atoms with Crippen LogP contribution < -0.4 is 5.32 Å². The number of rotatable bonds is 5. The van der Waals surface area contributed by atoms with Gasteiger partial charge in [-0.3, -0.25) is 4.79 Å². The zero-order chi connectivity index (χ0) is 12.0. The van der Waals surface area contributed by atoms with E-state index < -0.39 is 5.60 Å². The molecular weight excluding hydrogens is 208 g/mol. The molecule has 0 aromatic heterocycles. The Hall–Kier alpha value is -0.650. The Labute approximate surface area is 97.1 Å². The monoisotopic (exact) mass is 230 g/mol. The van der Waals surface area contributed by atoms with Crippen LogP contribution in [0.25, 0.3) is 0 Å². The van der Waals surface area contributed by atoms with Gasteiger partial charge in [-0.15, -0.1) is 0 Å². The molecule has 0 bridgehead atoms. The van der Waals surface area contributed by atoms with Gasteiger partial charge in [0, 0.05) is 33.4 Å². The van der Waals surface area contributed by atoms with Gasteiger partial charge in [-0.25, -0.2) is 0 Å². The number of amides is 1. The third-order valence-corrected chi connectivity index (χ3v) is 2.76. The number of carbonyl (C=O) groups excluding carboxylic acids is 1. The summed E-state index contributed by atoms with van der Waals surface area (Å²) in [7, 11) is 3.65. The molecule has 1 N–H and O–H groups in total. The lowest BCUT2D eigenvalue weighted by molar-refractivity contribution is -0.155. The lowest BCUT2D eigenvalue weighted by Gasteiger charge is -2.37. The topological polar surface area (TPSA) is 50.8 Å². The Kier molecular flexibility index (Phi) is 5.18. The van der Waals surface area contributed by atoms with Gasteiger partial charge in [0.05, 0.1) is 6.61 Å². The minimum atomic E-state index is -0.708. The molecule has 0 aliphatic carbocycles. The summed E-state index contributed by atoms with van der Waals surface area (Å²) in [5, 5.41) is 2.88. The molecule has 0 spiro atoms. The molecule has 0 aromatic carbocycles. The van der Waals surface area contributed by atoms with Crippen LogP contribution >= 0.6 is 0 Å². The number of likely N-dealkylation sites (N-methyl/N-ethyl adjacent to an activating group) is 1. The Morgan fingerprint density at radius 2 is 2.38 bits per heavy atom. The summed E-state index contributed by atoms with van der Waals surface area (Å²) in [5.41, 5.74) is -0.708. The first-order chi connectivity index (χ1) is 7.58. The summed E-state index contributed by atoms with van der Waals surface area (Å²) in [5.74, 6) is -0.0323. The Morgan fingerprint density at radius 1 is 1.62 bits per heavy atom. The Bertz CT molecular complexity index is 235. The number of nitrogens with one attached hydrogen (secondary N) is 1. The highest BCUT2D eigenvalue weighted by Gasteiger charge is 2.37. The molecule has 1 saturated heterocycles. The predicted molar refractivity (Wildman–Crippen MR) is 61.4 cm³/mol. The SMILES string of the molecule is COCCCNC(=O)[C@]1(C)CN(C)CCO1. The highest BCUT2D eigenvalue weighted by molar-refractivity contribution is 5.85. The molecule has 1 aliphatic heterocycles. The molecule has 0 aromatic rings. The molecule has 94 valence electrons. The summed E-state index contributed by atoms with van der Waals surface area (Å²) in [4.78, 5) is 14.0. The van der Waals surface area contributed by atoms with Crippen molar-refractivity contribution >= 4 is 5.91 Å². The summed E-state index contributed by atoms with van der Waals surface area (Å²) in [6.45, 7) is 5.27. The number of methoxy groups -OCH3 is 1. The minimum Gasteiger partial charge on any atom is -0.385 e. The van der Waals surface area contributed by atoms with E-state index in [1.807, 2.05) is 14.0 Å². The highest BCUT2D eigenvalue weighted by Crippen LogP contribution is 2.16. The first-order valence-corrected chi connectivity index (χ1v) is 5.68. The third-order valence-electron chi connectivity index (χ3n) is 2.76. The van der Waals surface area contributed by atoms with Gasteiger partial charge in [0.1, 0.15) is 0 Å². The van der Waals surface area contributed by atoms with Crippen LogP contribution in [-0.4, -0.2) is 63.4 Å². The molecule has 1 atom stereocenters. The van der Waals surface area contributed by atoms with Crippen LogP contribution in [-0.2, 0) is 14.3 Å². The first kappa shape index (κ1) is 13.4. The van der Waals surface area contributed by atoms with E-state index in [-0.39, 0.29) is 5.91 Å². The van der Waals surface area contributed by atoms with E-state index in [0.717, 1.165) is 13.0 Å². The van der Waals surface area contributed by atoms with E-state index in [1.54, 1.807) is 7.11 Å². The zero-order valence-electron chi connectivity index (χ0n) is 10.4. The van der Waals surface area contributed by atoms with Gasteiger partial charge in [-0.05, 0) is 20.4 Å². The lowest BCUT2D eigenvalue weighted by atomic mass is 10.0. The standard InChI is InChI=1S/C11H22N2O3/c1-11(9-13(2)6-8-16-11)10(14)12-5-4-7-15-3/h4-9H2,1-3H3,(H,12,14)/t11-/m0/s1. The van der Waals surface area contributed by atoms with Crippen LogP contribution in [0.15, 0.2) is 0 Å². The van der Waals surface area contributed by atoms with Crippen molar-refractivity contribution in [3.05, 3.63) is 0 Å². The van der Waals surface area contributed by atoms with Gasteiger partial charge in [0.2, 0.25) is 0 Å². The van der Waals surface area contributed by atoms with Crippen LogP contribution in [0.1, 0.15) is 13.3 Å². The predicted octanol–water partition coefficient (Wildman–Crippen LogP) is -0.140. The van der Waals surface area contributed by atoms with Crippen molar-refractivity contribution in [3.8, 4) is 0 Å². The van der Waals surface area contributed by atoms with Gasteiger partial charge in [0.25, 0.3) is 5.91 Å². The van der Waals surface area contributed by atoms with Gasteiger partial charge in [-0.2, -0.15) is 0 Å². The second kappa shape index (κ2) is 6.18. The van der Waals surface area contributed by atoms with Crippen molar-refractivity contribution in [2.75, 3.05) is 47.0 Å². The van der Waals surface area contributed by atoms with Gasteiger partial charge in [0.15, 0.2) is 5.60 Å². The maximum atomic E-state index is 11.9. The highest BCUT2D eigenvalue weighted by atomic mass is 16.5. The Balaban J connectivity index is 2.33. The summed E-state index contributed by atoms with van der Waals surface area (Å²) >= 11 is 0. The van der Waals surface area contributed by atoms with Crippen LogP contribution in [0.2, 0.25) is 0 Å². The fourth-order valence-corrected chi connectivity index (χ4v) is 1.81. The van der Waals surface area contributed by atoms with E-state index in [1.165, 1.54) is 0 Å². The first-order valence-electron chi connectivity index (χ1n) is 5.68. The maximum absolute atomic E-state index is 11.9. The average molecular weight is 230 g/mol. The van der Waals surface area contributed by atoms with Gasteiger partial charge in [-0.1, -0.05) is 0 Å². The minimum absolute atomic E-state index is 0.0323. The number of morpholine rings is 1. The zero-order valence-corrected chi connectivity index (χ0v) is 10.4. The molecule has 1 heterocycles. The van der Waals surface area contributed by atoms with Crippen LogP contribution in [0.4, 0.5) is 0 Å². The number of nitrogens with zero attached hydrogens (tertiary/aromatic N) is 1. The summed E-state index contributed by atoms with van der Waals surface area (Å²) < 4.78 is 10.5. The largest absolute Gasteiger partial charge is 0.385 e. The van der Waals surface area contributed by atoms with Crippen molar-refractivity contribution in [3.63, 3.8) is 0 Å². The number of carbonyl (C=O) groups is 1. The maximum Gasteiger partial charge on any atom is 0.253 e. The van der Waals surface area contributed by atoms with Gasteiger partial charge < -0.3 is 19.7 Å². The molecule has 1 amide bonds. The van der Waals surface area contributed by atoms with Crippen molar-refractivity contribution in [1.82, 2.24) is 10.2 Å². The van der Waals surface area contributed by atoms with Crippen molar-refractivity contribution in [1.29, 1.82) is 0 Å². The van der Waals surface area contributed by atoms with E-state index in [4.69, 9.17) is 9.47 Å². The van der Waals surface area contributed by atoms with E-state index in [2.05, 4.69) is 10.2 Å². The molecule has 0 saturated carbocycles. The van der Waals surface area contributed by atoms with Crippen LogP contribution in [0.5, 0.6) is 0 Å². The van der Waals surface area contributed by atoms with Crippen molar-refractivity contribution in [2.45, 2.75) is 18.9 Å². The van der Waals surface area contributed by atoms with Crippen LogP contribution in [0.3, 0.4) is 0 Å². The molecule has 1 fully saturated rings. The fraction of sp³-hybridized carbons (Fsp3) is 0.909. The third kappa shape index (κ3) is 3.73. The van der Waals surface area contributed by atoms with Crippen molar-refractivity contribution < 1.29 is 14.3 Å². The van der Waals surface area contributed by atoms with E-state index in [0.29, 0.717) is 26.3 Å². The average Bonchev–Trinajstić information content (AvgIpc) is 2.23. The lowest BCUT2D eigenvalue weighted by Crippen LogP contribution is -2.57. The second-order valence-electron chi connectivity index (χ2n) is 4.42. The van der Waals surface area contributed by atoms with Gasteiger partial charge >= 0.3 is 0 Å². The summed E-state index contributed by atoms with van der Waals surface area (Å²) in [6.07, 6.45) is 0.828. The molecular formula is C11H22N2O3. The molecule has 0 radical (unpaired) electrons. The molecule has 1 aliphatic rings. The smallest absolute Gasteiger partial charge is 0.253 e. The fourth-order valence-electron chi connectivity index (χ4n) is 1.81. The molecule has 1 rings (SSSR count). The quantitative estimate of drug-likeness (QED) is 0.668. The molecule has 5 nitrogen and oxygen atoms in total. The van der Waals surface area contributed by atoms with E-state index in [9.17, 15) is 4.79 Å².